The summed E-state index contributed by atoms with van der Waals surface area (Å²) in [4.78, 5) is 0. The zero-order valence-electron chi connectivity index (χ0n) is 9.40. The van der Waals surface area contributed by atoms with E-state index in [4.69, 9.17) is 20.5 Å². The highest BCUT2D eigenvalue weighted by Crippen LogP contribution is 2.25. The predicted octanol–water partition coefficient (Wildman–Crippen LogP) is 2.35. The van der Waals surface area contributed by atoms with Gasteiger partial charge in [0.1, 0.15) is 11.5 Å². The van der Waals surface area contributed by atoms with Crippen molar-refractivity contribution in [2.45, 2.75) is 19.3 Å². The number of anilines is 1. The van der Waals surface area contributed by atoms with E-state index in [1.165, 1.54) is 0 Å². The second-order valence-corrected chi connectivity index (χ2v) is 3.37. The number of unbranched alkanes of at least 4 members (excludes halogenated alkanes) is 2. The standard InChI is InChI=1S/C12H16N2O2/c1-15-12-6-5-10(9-11(12)14)16-8-4-2-3-7-13/h5-6,9H,2-4,8,14H2,1H3. The Kier molecular flexibility index (Phi) is 5.00. The highest BCUT2D eigenvalue weighted by Gasteiger charge is 2.00. The molecule has 16 heavy (non-hydrogen) atoms. The summed E-state index contributed by atoms with van der Waals surface area (Å²) in [5.41, 5.74) is 6.30. The molecule has 0 fully saturated rings. The number of rotatable bonds is 6. The minimum atomic E-state index is 0.567. The highest BCUT2D eigenvalue weighted by atomic mass is 16.5. The molecule has 0 atom stereocenters. The van der Waals surface area contributed by atoms with Crippen molar-refractivity contribution in [3.63, 3.8) is 0 Å². The average molecular weight is 220 g/mol. The smallest absolute Gasteiger partial charge is 0.142 e. The van der Waals surface area contributed by atoms with E-state index in [1.54, 1.807) is 19.2 Å². The molecule has 0 aromatic heterocycles. The summed E-state index contributed by atoms with van der Waals surface area (Å²) >= 11 is 0. The van der Waals surface area contributed by atoms with Gasteiger partial charge in [-0.15, -0.1) is 0 Å². The van der Waals surface area contributed by atoms with Crippen molar-refractivity contribution in [1.82, 2.24) is 0 Å². The van der Waals surface area contributed by atoms with E-state index in [9.17, 15) is 0 Å². The van der Waals surface area contributed by atoms with E-state index in [-0.39, 0.29) is 0 Å². The molecule has 0 saturated heterocycles. The van der Waals surface area contributed by atoms with Crippen LogP contribution in [0.2, 0.25) is 0 Å². The van der Waals surface area contributed by atoms with Crippen LogP contribution >= 0.6 is 0 Å². The molecule has 2 N–H and O–H groups in total. The lowest BCUT2D eigenvalue weighted by Crippen LogP contribution is -1.99. The monoisotopic (exact) mass is 220 g/mol. The van der Waals surface area contributed by atoms with Crippen molar-refractivity contribution < 1.29 is 9.47 Å². The molecule has 4 nitrogen and oxygen atoms in total. The second-order valence-electron chi connectivity index (χ2n) is 3.37. The van der Waals surface area contributed by atoms with Crippen molar-refractivity contribution in [2.75, 3.05) is 19.5 Å². The maximum absolute atomic E-state index is 8.36. The van der Waals surface area contributed by atoms with E-state index in [1.807, 2.05) is 6.07 Å². The molecule has 0 amide bonds. The molecule has 86 valence electrons. The maximum atomic E-state index is 8.36. The molecule has 0 heterocycles. The van der Waals surface area contributed by atoms with Gasteiger partial charge in [0.05, 0.1) is 25.5 Å². The second kappa shape index (κ2) is 6.57. The molecule has 0 unspecified atom stereocenters. The Balaban J connectivity index is 2.38. The molecular formula is C12H16N2O2. The summed E-state index contributed by atoms with van der Waals surface area (Å²) in [5, 5.41) is 8.36. The normalized spacial score (nSPS) is 9.50. The first-order valence-corrected chi connectivity index (χ1v) is 5.21. The molecule has 0 aliphatic heterocycles. The number of nitrogen functional groups attached to an aromatic ring is 1. The lowest BCUT2D eigenvalue weighted by atomic mass is 10.2. The number of hydrogen-bond acceptors (Lipinski definition) is 4. The van der Waals surface area contributed by atoms with Crippen LogP contribution in [0, 0.1) is 11.3 Å². The van der Waals surface area contributed by atoms with Crippen LogP contribution in [0.1, 0.15) is 19.3 Å². The van der Waals surface area contributed by atoms with E-state index in [2.05, 4.69) is 6.07 Å². The Labute approximate surface area is 95.6 Å². The number of ether oxygens (including phenoxy) is 2. The summed E-state index contributed by atoms with van der Waals surface area (Å²) in [6.45, 7) is 0.605. The third-order valence-corrected chi connectivity index (χ3v) is 2.15. The third kappa shape index (κ3) is 3.70. The van der Waals surface area contributed by atoms with Crippen LogP contribution in [0.5, 0.6) is 11.5 Å². The van der Waals surface area contributed by atoms with Crippen LogP contribution in [0.15, 0.2) is 18.2 Å². The lowest BCUT2D eigenvalue weighted by Gasteiger charge is -2.08. The Morgan fingerprint density at radius 1 is 1.38 bits per heavy atom. The fourth-order valence-corrected chi connectivity index (χ4v) is 1.30. The zero-order valence-corrected chi connectivity index (χ0v) is 9.40. The van der Waals surface area contributed by atoms with Crippen LogP contribution in [0.4, 0.5) is 5.69 Å². The molecule has 4 heteroatoms. The molecule has 0 radical (unpaired) electrons. The number of nitrogens with two attached hydrogens (primary N) is 1. The van der Waals surface area contributed by atoms with Crippen LogP contribution < -0.4 is 15.2 Å². The summed E-state index contributed by atoms with van der Waals surface area (Å²) in [5.74, 6) is 1.38. The molecule has 0 aliphatic rings. The Morgan fingerprint density at radius 2 is 2.19 bits per heavy atom. The SMILES string of the molecule is COc1ccc(OCCCCC#N)cc1N. The van der Waals surface area contributed by atoms with Crippen LogP contribution in [0.25, 0.3) is 0 Å². The van der Waals surface area contributed by atoms with Crippen molar-refractivity contribution >= 4 is 5.69 Å². The predicted molar refractivity (Wildman–Crippen MR) is 62.4 cm³/mol. The van der Waals surface area contributed by atoms with Gasteiger partial charge in [0.25, 0.3) is 0 Å². The zero-order chi connectivity index (χ0) is 11.8. The largest absolute Gasteiger partial charge is 0.495 e. The topological polar surface area (TPSA) is 68.3 Å². The van der Waals surface area contributed by atoms with Gasteiger partial charge in [-0.25, -0.2) is 0 Å². The number of benzene rings is 1. The van der Waals surface area contributed by atoms with Crippen molar-refractivity contribution in [1.29, 1.82) is 5.26 Å². The van der Waals surface area contributed by atoms with Gasteiger partial charge in [-0.3, -0.25) is 0 Å². The first-order chi connectivity index (χ1) is 7.77. The fraction of sp³-hybridized carbons (Fsp3) is 0.417. The van der Waals surface area contributed by atoms with E-state index < -0.39 is 0 Å². The summed E-state index contributed by atoms with van der Waals surface area (Å²) in [6.07, 6.45) is 2.32. The van der Waals surface area contributed by atoms with Crippen molar-refractivity contribution in [3.05, 3.63) is 18.2 Å². The van der Waals surface area contributed by atoms with Gasteiger partial charge in [0, 0.05) is 12.5 Å². The quantitative estimate of drug-likeness (QED) is 0.590. The fourth-order valence-electron chi connectivity index (χ4n) is 1.30. The summed E-state index contributed by atoms with van der Waals surface area (Å²) in [6, 6.07) is 7.43. The number of nitriles is 1. The summed E-state index contributed by atoms with van der Waals surface area (Å²) in [7, 11) is 1.58. The maximum Gasteiger partial charge on any atom is 0.142 e. The molecular weight excluding hydrogens is 204 g/mol. The molecule has 0 saturated carbocycles. The molecule has 1 aromatic rings. The first kappa shape index (κ1) is 12.2. The molecule has 0 bridgehead atoms. The van der Waals surface area contributed by atoms with Crippen LogP contribution in [-0.4, -0.2) is 13.7 Å². The van der Waals surface area contributed by atoms with Gasteiger partial charge in [0.15, 0.2) is 0 Å². The van der Waals surface area contributed by atoms with E-state index in [0.717, 1.165) is 18.6 Å². The third-order valence-electron chi connectivity index (χ3n) is 2.15. The molecule has 0 aliphatic carbocycles. The Hall–Kier alpha value is -1.89. The number of methoxy groups -OCH3 is 1. The molecule has 1 rings (SSSR count). The molecule has 1 aromatic carbocycles. The average Bonchev–Trinajstić information content (AvgIpc) is 2.29. The van der Waals surface area contributed by atoms with Crippen LogP contribution in [-0.2, 0) is 0 Å². The van der Waals surface area contributed by atoms with Gasteiger partial charge >= 0.3 is 0 Å². The summed E-state index contributed by atoms with van der Waals surface area (Å²) < 4.78 is 10.5. The van der Waals surface area contributed by atoms with E-state index >= 15 is 0 Å². The number of nitrogens with zero attached hydrogens (tertiary/aromatic N) is 1. The van der Waals surface area contributed by atoms with Crippen LogP contribution in [0.3, 0.4) is 0 Å². The van der Waals surface area contributed by atoms with Crippen molar-refractivity contribution in [3.8, 4) is 17.6 Å². The van der Waals surface area contributed by atoms with Gasteiger partial charge in [-0.2, -0.15) is 5.26 Å². The van der Waals surface area contributed by atoms with Gasteiger partial charge in [0.2, 0.25) is 0 Å². The van der Waals surface area contributed by atoms with Gasteiger partial charge in [-0.1, -0.05) is 0 Å². The molecule has 0 spiro atoms. The minimum Gasteiger partial charge on any atom is -0.495 e. The Morgan fingerprint density at radius 3 is 2.81 bits per heavy atom. The lowest BCUT2D eigenvalue weighted by molar-refractivity contribution is 0.307. The van der Waals surface area contributed by atoms with Crippen molar-refractivity contribution in [2.24, 2.45) is 0 Å². The van der Waals surface area contributed by atoms with Gasteiger partial charge < -0.3 is 15.2 Å². The Bertz CT molecular complexity index is 372. The van der Waals surface area contributed by atoms with E-state index in [0.29, 0.717) is 24.5 Å². The van der Waals surface area contributed by atoms with Gasteiger partial charge in [-0.05, 0) is 25.0 Å². The first-order valence-electron chi connectivity index (χ1n) is 5.21. The number of hydrogen-bond donors (Lipinski definition) is 1. The minimum absolute atomic E-state index is 0.567. The highest BCUT2D eigenvalue weighted by molar-refractivity contribution is 5.56.